The minimum absolute atomic E-state index is 0.159. The third kappa shape index (κ3) is 2.95. The van der Waals surface area contributed by atoms with Gasteiger partial charge in [0.15, 0.2) is 0 Å². The zero-order chi connectivity index (χ0) is 14.8. The summed E-state index contributed by atoms with van der Waals surface area (Å²) in [5.41, 5.74) is 1.75. The van der Waals surface area contributed by atoms with Gasteiger partial charge in [-0.2, -0.15) is 0 Å². The molecule has 0 spiro atoms. The minimum Gasteiger partial charge on any atom is -0.361 e. The molecule has 1 aliphatic heterocycles. The van der Waals surface area contributed by atoms with Crippen molar-refractivity contribution in [2.24, 2.45) is 5.92 Å². The van der Waals surface area contributed by atoms with Crippen molar-refractivity contribution >= 4 is 16.8 Å². The first-order valence-corrected chi connectivity index (χ1v) is 7.65. The van der Waals surface area contributed by atoms with Crippen LogP contribution in [0, 0.1) is 5.92 Å². The molecule has 4 heteroatoms. The molecule has 1 aromatic heterocycles. The van der Waals surface area contributed by atoms with Gasteiger partial charge < -0.3 is 14.8 Å². The maximum atomic E-state index is 12.7. The monoisotopic (exact) mass is 285 g/mol. The second-order valence-corrected chi connectivity index (χ2v) is 6.25. The number of carbonyl (C=O) groups is 1. The number of likely N-dealkylation sites (tertiary alicyclic amines) is 1. The molecule has 2 aromatic rings. The highest BCUT2D eigenvalue weighted by atomic mass is 16.2. The number of benzene rings is 1. The lowest BCUT2D eigenvalue weighted by Crippen LogP contribution is -2.40. The van der Waals surface area contributed by atoms with Crippen molar-refractivity contribution in [3.63, 3.8) is 0 Å². The highest BCUT2D eigenvalue weighted by Gasteiger charge is 2.24. The number of H-pyrrole nitrogens is 1. The fourth-order valence-electron chi connectivity index (χ4n) is 3.27. The zero-order valence-corrected chi connectivity index (χ0v) is 12.8. The van der Waals surface area contributed by atoms with Gasteiger partial charge in [-0.05, 0) is 45.0 Å². The zero-order valence-electron chi connectivity index (χ0n) is 12.8. The van der Waals surface area contributed by atoms with Crippen LogP contribution in [0.25, 0.3) is 10.9 Å². The minimum atomic E-state index is 0.159. The molecule has 4 nitrogen and oxygen atoms in total. The standard InChI is InChI=1S/C17H23N3O/c1-19(2)12-13-7-10-20(11-8-13)17(21)15-5-3-4-14-6-9-18-16(14)15/h3-6,9,13,18H,7-8,10-12H2,1-2H3. The van der Waals surface area contributed by atoms with Crippen molar-refractivity contribution in [2.45, 2.75) is 12.8 Å². The Hall–Kier alpha value is -1.81. The maximum Gasteiger partial charge on any atom is 0.255 e. The van der Waals surface area contributed by atoms with E-state index in [1.54, 1.807) is 0 Å². The number of hydrogen-bond donors (Lipinski definition) is 1. The van der Waals surface area contributed by atoms with E-state index in [-0.39, 0.29) is 5.91 Å². The molecule has 1 saturated heterocycles. The fourth-order valence-corrected chi connectivity index (χ4v) is 3.27. The quantitative estimate of drug-likeness (QED) is 0.941. The molecule has 21 heavy (non-hydrogen) atoms. The molecule has 1 fully saturated rings. The number of fused-ring (bicyclic) bond motifs is 1. The number of amides is 1. The molecule has 0 saturated carbocycles. The Morgan fingerprint density at radius 2 is 2.05 bits per heavy atom. The van der Waals surface area contributed by atoms with Crippen molar-refractivity contribution in [3.8, 4) is 0 Å². The summed E-state index contributed by atoms with van der Waals surface area (Å²) in [4.78, 5) is 20.2. The maximum absolute atomic E-state index is 12.7. The summed E-state index contributed by atoms with van der Waals surface area (Å²) in [6.45, 7) is 2.86. The lowest BCUT2D eigenvalue weighted by molar-refractivity contribution is 0.0680. The van der Waals surface area contributed by atoms with E-state index in [2.05, 4.69) is 24.0 Å². The van der Waals surface area contributed by atoms with Gasteiger partial charge in [0.2, 0.25) is 0 Å². The van der Waals surface area contributed by atoms with E-state index in [1.165, 1.54) is 0 Å². The molecule has 0 unspecified atom stereocenters. The molecule has 0 bridgehead atoms. The lowest BCUT2D eigenvalue weighted by atomic mass is 9.96. The second kappa shape index (κ2) is 5.90. The number of rotatable bonds is 3. The number of para-hydroxylation sites is 1. The van der Waals surface area contributed by atoms with Gasteiger partial charge in [0.25, 0.3) is 5.91 Å². The van der Waals surface area contributed by atoms with Crippen LogP contribution in [0.2, 0.25) is 0 Å². The van der Waals surface area contributed by atoms with Crippen LogP contribution in [0.5, 0.6) is 0 Å². The van der Waals surface area contributed by atoms with Crippen molar-refractivity contribution in [2.75, 3.05) is 33.7 Å². The smallest absolute Gasteiger partial charge is 0.255 e. The van der Waals surface area contributed by atoms with Gasteiger partial charge in [0.05, 0.1) is 11.1 Å². The summed E-state index contributed by atoms with van der Waals surface area (Å²) >= 11 is 0. The number of aromatic amines is 1. The summed E-state index contributed by atoms with van der Waals surface area (Å²) in [5.74, 6) is 0.872. The number of piperidine rings is 1. The van der Waals surface area contributed by atoms with Gasteiger partial charge in [-0.15, -0.1) is 0 Å². The van der Waals surface area contributed by atoms with Crippen LogP contribution in [-0.4, -0.2) is 54.4 Å². The molecule has 0 radical (unpaired) electrons. The van der Waals surface area contributed by atoms with Gasteiger partial charge >= 0.3 is 0 Å². The molecule has 1 aromatic carbocycles. The van der Waals surface area contributed by atoms with Gasteiger partial charge in [-0.3, -0.25) is 4.79 Å². The molecule has 0 atom stereocenters. The Kier molecular flexibility index (Phi) is 3.97. The molecule has 0 aliphatic carbocycles. The summed E-state index contributed by atoms with van der Waals surface area (Å²) in [7, 11) is 4.23. The van der Waals surface area contributed by atoms with E-state index in [4.69, 9.17) is 0 Å². The lowest BCUT2D eigenvalue weighted by Gasteiger charge is -2.33. The van der Waals surface area contributed by atoms with E-state index in [0.717, 1.165) is 48.9 Å². The first-order valence-electron chi connectivity index (χ1n) is 7.65. The molecule has 1 amide bonds. The molecular formula is C17H23N3O. The van der Waals surface area contributed by atoms with Crippen LogP contribution in [-0.2, 0) is 0 Å². The van der Waals surface area contributed by atoms with Crippen LogP contribution in [0.1, 0.15) is 23.2 Å². The summed E-state index contributed by atoms with van der Waals surface area (Å²) in [6.07, 6.45) is 4.10. The fraction of sp³-hybridized carbons (Fsp3) is 0.471. The molecule has 3 rings (SSSR count). The van der Waals surface area contributed by atoms with Crippen LogP contribution in [0.3, 0.4) is 0 Å². The van der Waals surface area contributed by atoms with Crippen LogP contribution < -0.4 is 0 Å². The highest BCUT2D eigenvalue weighted by molar-refractivity contribution is 6.05. The number of aromatic nitrogens is 1. The van der Waals surface area contributed by atoms with Gasteiger partial charge in [-0.1, -0.05) is 12.1 Å². The average Bonchev–Trinajstić information content (AvgIpc) is 2.95. The van der Waals surface area contributed by atoms with Crippen molar-refractivity contribution in [1.82, 2.24) is 14.8 Å². The molecule has 1 N–H and O–H groups in total. The third-order valence-corrected chi connectivity index (χ3v) is 4.34. The van der Waals surface area contributed by atoms with Crippen LogP contribution in [0.15, 0.2) is 30.5 Å². The third-order valence-electron chi connectivity index (χ3n) is 4.34. The van der Waals surface area contributed by atoms with E-state index < -0.39 is 0 Å². The van der Waals surface area contributed by atoms with Gasteiger partial charge in [0, 0.05) is 31.2 Å². The van der Waals surface area contributed by atoms with E-state index >= 15 is 0 Å². The van der Waals surface area contributed by atoms with Crippen molar-refractivity contribution < 1.29 is 4.79 Å². The average molecular weight is 285 g/mol. The predicted octanol–water partition coefficient (Wildman–Crippen LogP) is 2.58. The van der Waals surface area contributed by atoms with E-state index in [1.807, 2.05) is 35.4 Å². The molecule has 1 aliphatic rings. The van der Waals surface area contributed by atoms with E-state index in [0.29, 0.717) is 5.92 Å². The number of nitrogens with zero attached hydrogens (tertiary/aromatic N) is 2. The molecular weight excluding hydrogens is 262 g/mol. The normalized spacial score (nSPS) is 16.8. The Bertz CT molecular complexity index is 624. The summed E-state index contributed by atoms with van der Waals surface area (Å²) in [5, 5.41) is 1.10. The Labute approximate surface area is 125 Å². The number of hydrogen-bond acceptors (Lipinski definition) is 2. The summed E-state index contributed by atoms with van der Waals surface area (Å²) < 4.78 is 0. The van der Waals surface area contributed by atoms with Gasteiger partial charge in [-0.25, -0.2) is 0 Å². The van der Waals surface area contributed by atoms with Crippen LogP contribution >= 0.6 is 0 Å². The molecule has 2 heterocycles. The predicted molar refractivity (Wildman–Crippen MR) is 85.5 cm³/mol. The number of nitrogens with one attached hydrogen (secondary N) is 1. The van der Waals surface area contributed by atoms with E-state index in [9.17, 15) is 4.79 Å². The highest BCUT2D eigenvalue weighted by Crippen LogP contribution is 2.23. The topological polar surface area (TPSA) is 39.3 Å². The Balaban J connectivity index is 1.71. The van der Waals surface area contributed by atoms with Gasteiger partial charge in [0.1, 0.15) is 0 Å². The largest absolute Gasteiger partial charge is 0.361 e. The van der Waals surface area contributed by atoms with Crippen LogP contribution in [0.4, 0.5) is 0 Å². The number of carbonyl (C=O) groups excluding carboxylic acids is 1. The summed E-state index contributed by atoms with van der Waals surface area (Å²) in [6, 6.07) is 7.93. The first kappa shape index (κ1) is 14.1. The van der Waals surface area contributed by atoms with Crippen molar-refractivity contribution in [3.05, 3.63) is 36.0 Å². The Morgan fingerprint density at radius 1 is 1.29 bits per heavy atom. The first-order chi connectivity index (χ1) is 10.1. The van der Waals surface area contributed by atoms with Crippen molar-refractivity contribution in [1.29, 1.82) is 0 Å². The molecule has 112 valence electrons. The second-order valence-electron chi connectivity index (χ2n) is 6.25. The Morgan fingerprint density at radius 3 is 2.76 bits per heavy atom. The SMILES string of the molecule is CN(C)CC1CCN(C(=O)c2cccc3cc[nH]c23)CC1.